The van der Waals surface area contributed by atoms with Crippen molar-refractivity contribution in [2.75, 3.05) is 5.32 Å². The van der Waals surface area contributed by atoms with Gasteiger partial charge in [-0.05, 0) is 17.2 Å². The van der Waals surface area contributed by atoms with Crippen LogP contribution in [0, 0.1) is 0 Å². The van der Waals surface area contributed by atoms with E-state index in [0.29, 0.717) is 0 Å². The second-order valence-electron chi connectivity index (χ2n) is 5.07. The van der Waals surface area contributed by atoms with Crippen molar-refractivity contribution in [3.05, 3.63) is 53.6 Å². The van der Waals surface area contributed by atoms with E-state index in [4.69, 9.17) is 7.85 Å². The highest BCUT2D eigenvalue weighted by atomic mass is 14.9. The van der Waals surface area contributed by atoms with Gasteiger partial charge in [0.1, 0.15) is 7.85 Å². The Morgan fingerprint density at radius 1 is 0.941 bits per heavy atom. The lowest BCUT2D eigenvalue weighted by Gasteiger charge is -2.36. The van der Waals surface area contributed by atoms with Gasteiger partial charge in [0, 0.05) is 16.8 Å². The Labute approximate surface area is 103 Å². The van der Waals surface area contributed by atoms with Crippen LogP contribution in [0.2, 0.25) is 0 Å². The van der Waals surface area contributed by atoms with E-state index in [2.05, 4.69) is 43.4 Å². The molecule has 1 nitrogen and oxygen atoms in total. The lowest BCUT2D eigenvalue weighted by molar-refractivity contribution is 0.639. The molecule has 0 unspecified atom stereocenters. The predicted octanol–water partition coefficient (Wildman–Crippen LogP) is 2.86. The Morgan fingerprint density at radius 3 is 2.47 bits per heavy atom. The van der Waals surface area contributed by atoms with E-state index in [1.807, 2.05) is 18.2 Å². The fraction of sp³-hybridized carbons (Fsp3) is 0.200. The topological polar surface area (TPSA) is 12.0 Å². The number of rotatable bonds is 0. The third kappa shape index (κ3) is 1.40. The van der Waals surface area contributed by atoms with Crippen LogP contribution < -0.4 is 10.8 Å². The third-order valence-corrected chi connectivity index (χ3v) is 3.63. The molecule has 2 radical (unpaired) electrons. The van der Waals surface area contributed by atoms with Crippen molar-refractivity contribution in [3.63, 3.8) is 0 Å². The van der Waals surface area contributed by atoms with Crippen molar-refractivity contribution in [1.29, 1.82) is 0 Å². The van der Waals surface area contributed by atoms with Crippen LogP contribution in [0.15, 0.2) is 42.5 Å². The van der Waals surface area contributed by atoms with E-state index >= 15 is 0 Å². The van der Waals surface area contributed by atoms with Gasteiger partial charge in [-0.1, -0.05) is 55.7 Å². The van der Waals surface area contributed by atoms with Gasteiger partial charge < -0.3 is 5.32 Å². The maximum Gasteiger partial charge on any atom is 0.116 e. The van der Waals surface area contributed by atoms with Gasteiger partial charge in [0.25, 0.3) is 0 Å². The second kappa shape index (κ2) is 3.40. The van der Waals surface area contributed by atoms with Crippen molar-refractivity contribution in [1.82, 2.24) is 0 Å². The minimum atomic E-state index is -0.00738. The zero-order chi connectivity index (χ0) is 12.0. The average molecular weight is 219 g/mol. The number of nitrogens with one attached hydrogen (secondary N) is 1. The quantitative estimate of drug-likeness (QED) is 0.671. The molecular formula is C15H14BN. The predicted molar refractivity (Wildman–Crippen MR) is 73.7 cm³/mol. The van der Waals surface area contributed by atoms with E-state index in [-0.39, 0.29) is 5.41 Å². The lowest BCUT2D eigenvalue weighted by atomic mass is 9.72. The molecule has 2 heteroatoms. The normalized spacial score (nSPS) is 15.6. The Bertz CT molecular complexity index is 587. The highest BCUT2D eigenvalue weighted by Gasteiger charge is 2.32. The molecule has 0 amide bonds. The van der Waals surface area contributed by atoms with Crippen molar-refractivity contribution >= 4 is 24.7 Å². The second-order valence-corrected chi connectivity index (χ2v) is 5.07. The molecule has 0 spiro atoms. The fourth-order valence-corrected chi connectivity index (χ4v) is 2.65. The molecule has 0 aliphatic carbocycles. The molecule has 0 atom stereocenters. The Kier molecular flexibility index (Phi) is 2.09. The van der Waals surface area contributed by atoms with Gasteiger partial charge in [0.05, 0.1) is 0 Å². The van der Waals surface area contributed by atoms with E-state index in [0.717, 1.165) is 16.8 Å². The molecule has 2 aromatic rings. The number of para-hydroxylation sites is 2. The summed E-state index contributed by atoms with van der Waals surface area (Å²) in [6.45, 7) is 4.48. The van der Waals surface area contributed by atoms with Gasteiger partial charge in [-0.15, -0.1) is 0 Å². The van der Waals surface area contributed by atoms with Crippen LogP contribution in [0.1, 0.15) is 25.0 Å². The first-order valence-electron chi connectivity index (χ1n) is 5.86. The smallest absolute Gasteiger partial charge is 0.116 e. The van der Waals surface area contributed by atoms with E-state index in [1.165, 1.54) is 11.1 Å². The van der Waals surface area contributed by atoms with E-state index < -0.39 is 0 Å². The van der Waals surface area contributed by atoms with Gasteiger partial charge in [-0.3, -0.25) is 0 Å². The number of hydrogen-bond donors (Lipinski definition) is 1. The molecule has 1 aliphatic rings. The molecular weight excluding hydrogens is 205 g/mol. The van der Waals surface area contributed by atoms with Gasteiger partial charge in [-0.2, -0.15) is 0 Å². The summed E-state index contributed by atoms with van der Waals surface area (Å²) in [5, 5.41) is 3.44. The Hall–Kier alpha value is -1.70. The van der Waals surface area contributed by atoms with Crippen LogP contribution in [0.4, 0.5) is 11.4 Å². The average Bonchev–Trinajstić information content (AvgIpc) is 2.31. The summed E-state index contributed by atoms with van der Waals surface area (Å²) in [5.41, 5.74) is 5.59. The van der Waals surface area contributed by atoms with Crippen molar-refractivity contribution < 1.29 is 0 Å². The Morgan fingerprint density at radius 2 is 1.65 bits per heavy atom. The van der Waals surface area contributed by atoms with Gasteiger partial charge in [-0.25, -0.2) is 0 Å². The SMILES string of the molecule is [B]c1cccc2c1Nc1ccccc1C2(C)C. The van der Waals surface area contributed by atoms with Crippen molar-refractivity contribution in [2.45, 2.75) is 19.3 Å². The zero-order valence-corrected chi connectivity index (χ0v) is 10.1. The van der Waals surface area contributed by atoms with E-state index in [1.54, 1.807) is 0 Å². The minimum absolute atomic E-state index is 0.00738. The van der Waals surface area contributed by atoms with E-state index in [9.17, 15) is 0 Å². The third-order valence-electron chi connectivity index (χ3n) is 3.63. The molecule has 0 saturated heterocycles. The van der Waals surface area contributed by atoms with Crippen LogP contribution in [0.5, 0.6) is 0 Å². The monoisotopic (exact) mass is 219 g/mol. The number of fused-ring (bicyclic) bond motifs is 2. The molecule has 1 heterocycles. The zero-order valence-electron chi connectivity index (χ0n) is 10.1. The molecule has 1 aliphatic heterocycles. The number of anilines is 2. The molecule has 3 rings (SSSR count). The van der Waals surface area contributed by atoms with Crippen LogP contribution in [-0.2, 0) is 5.41 Å². The first-order chi connectivity index (χ1) is 8.10. The maximum absolute atomic E-state index is 6.06. The standard InChI is InChI=1S/C15H14BN/c1-15(2)10-6-3-4-9-13(10)17-14-11(15)7-5-8-12(14)16/h3-9,17H,1-2H3. The summed E-state index contributed by atoms with van der Waals surface area (Å²) in [6, 6.07) is 14.5. The van der Waals surface area contributed by atoms with Crippen molar-refractivity contribution in [2.24, 2.45) is 0 Å². The van der Waals surface area contributed by atoms with Crippen LogP contribution in [0.3, 0.4) is 0 Å². The first kappa shape index (κ1) is 10.5. The van der Waals surface area contributed by atoms with Gasteiger partial charge in [0.2, 0.25) is 0 Å². The number of hydrogen-bond acceptors (Lipinski definition) is 1. The molecule has 17 heavy (non-hydrogen) atoms. The molecule has 1 N–H and O–H groups in total. The highest BCUT2D eigenvalue weighted by molar-refractivity contribution is 6.36. The van der Waals surface area contributed by atoms with Gasteiger partial charge >= 0.3 is 0 Å². The lowest BCUT2D eigenvalue weighted by Crippen LogP contribution is -2.29. The maximum atomic E-state index is 6.06. The van der Waals surface area contributed by atoms with Crippen LogP contribution in [-0.4, -0.2) is 7.85 Å². The van der Waals surface area contributed by atoms with Crippen molar-refractivity contribution in [3.8, 4) is 0 Å². The highest BCUT2D eigenvalue weighted by Crippen LogP contribution is 2.43. The molecule has 0 saturated carbocycles. The Balaban J connectivity index is 2.31. The van der Waals surface area contributed by atoms with Crippen LogP contribution >= 0.6 is 0 Å². The summed E-state index contributed by atoms with van der Waals surface area (Å²) in [6.07, 6.45) is 0. The summed E-state index contributed by atoms with van der Waals surface area (Å²) in [4.78, 5) is 0. The fourth-order valence-electron chi connectivity index (χ4n) is 2.65. The minimum Gasteiger partial charge on any atom is -0.356 e. The van der Waals surface area contributed by atoms with Crippen LogP contribution in [0.25, 0.3) is 0 Å². The van der Waals surface area contributed by atoms with Gasteiger partial charge in [0.15, 0.2) is 0 Å². The molecule has 0 fully saturated rings. The molecule has 0 aromatic heterocycles. The summed E-state index contributed by atoms with van der Waals surface area (Å²) in [5.74, 6) is 0. The largest absolute Gasteiger partial charge is 0.356 e. The molecule has 82 valence electrons. The summed E-state index contributed by atoms with van der Waals surface area (Å²) < 4.78 is 0. The summed E-state index contributed by atoms with van der Waals surface area (Å²) >= 11 is 0. The molecule has 2 aromatic carbocycles. The first-order valence-corrected chi connectivity index (χ1v) is 5.86. The number of benzene rings is 2. The summed E-state index contributed by atoms with van der Waals surface area (Å²) in [7, 11) is 6.06. The molecule has 0 bridgehead atoms.